The van der Waals surface area contributed by atoms with Crippen molar-refractivity contribution in [2.45, 2.75) is 70.9 Å². The van der Waals surface area contributed by atoms with Gasteiger partial charge in [-0.05, 0) is 19.3 Å². The molecule has 2 rings (SSSR count). The predicted molar refractivity (Wildman–Crippen MR) is 81.3 cm³/mol. The van der Waals surface area contributed by atoms with E-state index in [4.69, 9.17) is 5.73 Å². The lowest BCUT2D eigenvalue weighted by atomic mass is 9.70. The van der Waals surface area contributed by atoms with Crippen molar-refractivity contribution in [3.8, 4) is 0 Å². The average molecular weight is 279 g/mol. The average Bonchev–Trinajstić information content (AvgIpc) is 2.88. The minimum absolute atomic E-state index is 0.152. The molecular weight excluding hydrogens is 250 g/mol. The van der Waals surface area contributed by atoms with E-state index in [-0.39, 0.29) is 5.41 Å². The molecule has 1 aliphatic carbocycles. The lowest BCUT2D eigenvalue weighted by Gasteiger charge is -2.38. The summed E-state index contributed by atoms with van der Waals surface area (Å²) < 4.78 is 1.92. The second-order valence-corrected chi connectivity index (χ2v) is 6.27. The highest BCUT2D eigenvalue weighted by Crippen LogP contribution is 2.43. The van der Waals surface area contributed by atoms with Gasteiger partial charge in [0.1, 0.15) is 0 Å². The van der Waals surface area contributed by atoms with Crippen LogP contribution in [0.5, 0.6) is 0 Å². The highest BCUT2D eigenvalue weighted by atomic mass is 16.3. The normalized spacial score (nSPS) is 21.1. The van der Waals surface area contributed by atoms with Crippen LogP contribution in [-0.4, -0.2) is 21.4 Å². The van der Waals surface area contributed by atoms with E-state index < -0.39 is 6.10 Å². The third kappa shape index (κ3) is 3.41. The van der Waals surface area contributed by atoms with Gasteiger partial charge in [0.05, 0.1) is 12.3 Å². The van der Waals surface area contributed by atoms with Crippen molar-refractivity contribution >= 4 is 0 Å². The number of aliphatic hydroxyl groups is 1. The first kappa shape index (κ1) is 15.5. The van der Waals surface area contributed by atoms with E-state index >= 15 is 0 Å². The van der Waals surface area contributed by atoms with E-state index in [9.17, 15) is 5.11 Å². The molecule has 20 heavy (non-hydrogen) atoms. The number of aromatic nitrogens is 2. The summed E-state index contributed by atoms with van der Waals surface area (Å²) in [5.41, 5.74) is 6.86. The zero-order valence-corrected chi connectivity index (χ0v) is 12.7. The summed E-state index contributed by atoms with van der Waals surface area (Å²) in [7, 11) is 0. The molecular formula is C16H29N3O. The van der Waals surface area contributed by atoms with Crippen LogP contribution in [0.15, 0.2) is 12.4 Å². The first-order valence-corrected chi connectivity index (χ1v) is 8.12. The standard InChI is InChI=1S/C16H29N3O/c1-2-10-19-12-14(11-18-19)15(20)16(13-17)8-6-4-3-5-7-9-16/h11-12,15,20H,2-10,13,17H2,1H3. The first-order valence-electron chi connectivity index (χ1n) is 8.12. The fourth-order valence-electron chi connectivity index (χ4n) is 3.42. The van der Waals surface area contributed by atoms with Gasteiger partial charge in [-0.15, -0.1) is 0 Å². The van der Waals surface area contributed by atoms with Gasteiger partial charge >= 0.3 is 0 Å². The van der Waals surface area contributed by atoms with Crippen molar-refractivity contribution in [3.63, 3.8) is 0 Å². The van der Waals surface area contributed by atoms with E-state index in [0.717, 1.165) is 31.4 Å². The maximum Gasteiger partial charge on any atom is 0.0888 e. The monoisotopic (exact) mass is 279 g/mol. The SMILES string of the molecule is CCCn1cc(C(O)C2(CN)CCCCCCC2)cn1. The second-order valence-electron chi connectivity index (χ2n) is 6.27. The van der Waals surface area contributed by atoms with Crippen LogP contribution in [0, 0.1) is 5.41 Å². The molecule has 114 valence electrons. The molecule has 1 heterocycles. The Morgan fingerprint density at radius 3 is 2.55 bits per heavy atom. The van der Waals surface area contributed by atoms with Crippen LogP contribution < -0.4 is 5.73 Å². The highest BCUT2D eigenvalue weighted by Gasteiger charge is 2.37. The van der Waals surface area contributed by atoms with Crippen LogP contribution in [0.2, 0.25) is 0 Å². The molecule has 0 amide bonds. The van der Waals surface area contributed by atoms with Crippen molar-refractivity contribution in [2.24, 2.45) is 11.1 Å². The van der Waals surface area contributed by atoms with Crippen LogP contribution in [0.4, 0.5) is 0 Å². The van der Waals surface area contributed by atoms with Gasteiger partial charge < -0.3 is 10.8 Å². The summed E-state index contributed by atoms with van der Waals surface area (Å²) in [6.45, 7) is 3.60. The van der Waals surface area contributed by atoms with E-state index in [1.54, 1.807) is 0 Å². The molecule has 0 aromatic carbocycles. The Kier molecular flexibility index (Phi) is 5.61. The minimum Gasteiger partial charge on any atom is -0.388 e. The Hall–Kier alpha value is -0.870. The van der Waals surface area contributed by atoms with Crippen LogP contribution in [0.25, 0.3) is 0 Å². The Balaban J connectivity index is 2.14. The molecule has 1 fully saturated rings. The molecule has 3 N–H and O–H groups in total. The molecule has 4 nitrogen and oxygen atoms in total. The lowest BCUT2D eigenvalue weighted by molar-refractivity contribution is 0.00842. The highest BCUT2D eigenvalue weighted by molar-refractivity contribution is 5.13. The van der Waals surface area contributed by atoms with Crippen LogP contribution in [0.1, 0.15) is 70.0 Å². The van der Waals surface area contributed by atoms with Crippen molar-refractivity contribution in [2.75, 3.05) is 6.54 Å². The number of nitrogens with zero attached hydrogens (tertiary/aromatic N) is 2. The summed E-state index contributed by atoms with van der Waals surface area (Å²) in [6, 6.07) is 0. The van der Waals surface area contributed by atoms with Gasteiger partial charge in [-0.3, -0.25) is 4.68 Å². The van der Waals surface area contributed by atoms with Gasteiger partial charge in [-0.1, -0.05) is 39.0 Å². The van der Waals surface area contributed by atoms with E-state index in [1.165, 1.54) is 32.1 Å². The van der Waals surface area contributed by atoms with Crippen molar-refractivity contribution in [3.05, 3.63) is 18.0 Å². The van der Waals surface area contributed by atoms with E-state index in [0.29, 0.717) is 6.54 Å². The number of rotatable bonds is 5. The molecule has 1 aliphatic rings. The number of aliphatic hydroxyl groups excluding tert-OH is 1. The summed E-state index contributed by atoms with van der Waals surface area (Å²) in [4.78, 5) is 0. The lowest BCUT2D eigenvalue weighted by Crippen LogP contribution is -2.37. The molecule has 4 heteroatoms. The number of hydrogen-bond acceptors (Lipinski definition) is 3. The third-order valence-electron chi connectivity index (χ3n) is 4.76. The largest absolute Gasteiger partial charge is 0.388 e. The van der Waals surface area contributed by atoms with Gasteiger partial charge in [0, 0.05) is 30.3 Å². The Morgan fingerprint density at radius 1 is 1.30 bits per heavy atom. The summed E-state index contributed by atoms with van der Waals surface area (Å²) >= 11 is 0. The summed E-state index contributed by atoms with van der Waals surface area (Å²) in [6.07, 6.45) is 12.7. The van der Waals surface area contributed by atoms with Crippen LogP contribution >= 0.6 is 0 Å². The zero-order valence-electron chi connectivity index (χ0n) is 12.7. The fourth-order valence-corrected chi connectivity index (χ4v) is 3.42. The number of aryl methyl sites for hydroxylation is 1. The first-order chi connectivity index (χ1) is 9.72. The molecule has 0 aliphatic heterocycles. The van der Waals surface area contributed by atoms with E-state index in [2.05, 4.69) is 12.0 Å². The molecule has 1 aromatic rings. The molecule has 1 unspecified atom stereocenters. The van der Waals surface area contributed by atoms with Crippen molar-refractivity contribution in [1.82, 2.24) is 9.78 Å². The predicted octanol–water partition coefficient (Wildman–Crippen LogP) is 3.02. The van der Waals surface area contributed by atoms with Gasteiger partial charge in [-0.25, -0.2) is 0 Å². The fraction of sp³-hybridized carbons (Fsp3) is 0.812. The Bertz CT molecular complexity index is 394. The minimum atomic E-state index is -0.476. The zero-order chi connectivity index (χ0) is 14.4. The van der Waals surface area contributed by atoms with Gasteiger partial charge in [-0.2, -0.15) is 5.10 Å². The second kappa shape index (κ2) is 7.23. The maximum atomic E-state index is 10.9. The van der Waals surface area contributed by atoms with Crippen LogP contribution in [0.3, 0.4) is 0 Å². The molecule has 0 spiro atoms. The van der Waals surface area contributed by atoms with Gasteiger partial charge in [0.15, 0.2) is 0 Å². The number of hydrogen-bond donors (Lipinski definition) is 2. The molecule has 1 aromatic heterocycles. The number of nitrogens with two attached hydrogens (primary N) is 1. The Morgan fingerprint density at radius 2 is 1.95 bits per heavy atom. The molecule has 0 radical (unpaired) electrons. The molecule has 0 bridgehead atoms. The molecule has 1 saturated carbocycles. The van der Waals surface area contributed by atoms with Crippen molar-refractivity contribution in [1.29, 1.82) is 0 Å². The quantitative estimate of drug-likeness (QED) is 0.871. The molecule has 1 atom stereocenters. The van der Waals surface area contributed by atoms with Gasteiger partial charge in [0.2, 0.25) is 0 Å². The molecule has 0 saturated heterocycles. The van der Waals surface area contributed by atoms with Gasteiger partial charge in [0.25, 0.3) is 0 Å². The van der Waals surface area contributed by atoms with Crippen LogP contribution in [-0.2, 0) is 6.54 Å². The topological polar surface area (TPSA) is 64.1 Å². The summed E-state index contributed by atoms with van der Waals surface area (Å²) in [5, 5.41) is 15.2. The van der Waals surface area contributed by atoms with E-state index in [1.807, 2.05) is 17.1 Å². The Labute approximate surface area is 122 Å². The maximum absolute atomic E-state index is 10.9. The summed E-state index contributed by atoms with van der Waals surface area (Å²) in [5.74, 6) is 0. The third-order valence-corrected chi connectivity index (χ3v) is 4.76. The smallest absolute Gasteiger partial charge is 0.0888 e. The van der Waals surface area contributed by atoms with Crippen molar-refractivity contribution < 1.29 is 5.11 Å².